The molecular formula is C21H21ClN2O2. The van der Waals surface area contributed by atoms with Gasteiger partial charge in [-0.1, -0.05) is 29.8 Å². The Kier molecular flexibility index (Phi) is 4.03. The SMILES string of the molecule is Clc1cc2c(cc1Cn1cc(C3CCNCC3)c3ccccc31)OCO2. The Bertz CT molecular complexity index is 960. The third-order valence-electron chi connectivity index (χ3n) is 5.48. The molecule has 2 aliphatic heterocycles. The fourth-order valence-electron chi connectivity index (χ4n) is 4.13. The quantitative estimate of drug-likeness (QED) is 0.737. The Balaban J connectivity index is 1.55. The Labute approximate surface area is 157 Å². The number of aromatic nitrogens is 1. The summed E-state index contributed by atoms with van der Waals surface area (Å²) >= 11 is 6.51. The van der Waals surface area contributed by atoms with Crippen LogP contribution in [0.25, 0.3) is 10.9 Å². The van der Waals surface area contributed by atoms with Gasteiger partial charge in [0.2, 0.25) is 6.79 Å². The largest absolute Gasteiger partial charge is 0.454 e. The van der Waals surface area contributed by atoms with Gasteiger partial charge in [0.25, 0.3) is 0 Å². The zero-order valence-corrected chi connectivity index (χ0v) is 15.3. The minimum Gasteiger partial charge on any atom is -0.454 e. The van der Waals surface area contributed by atoms with E-state index in [9.17, 15) is 0 Å². The lowest BCUT2D eigenvalue weighted by Gasteiger charge is -2.22. The molecule has 1 aromatic heterocycles. The van der Waals surface area contributed by atoms with Crippen LogP contribution in [0.3, 0.4) is 0 Å². The average molecular weight is 369 g/mol. The molecule has 5 heteroatoms. The highest BCUT2D eigenvalue weighted by atomic mass is 35.5. The predicted octanol–water partition coefficient (Wildman–Crippen LogP) is 4.54. The first-order valence-corrected chi connectivity index (χ1v) is 9.54. The second kappa shape index (κ2) is 6.53. The Hall–Kier alpha value is -2.17. The molecule has 2 aromatic carbocycles. The number of nitrogens with zero attached hydrogens (tertiary/aromatic N) is 1. The standard InChI is InChI=1S/C21H21ClN2O2/c22-18-10-21-20(25-13-26-21)9-15(18)11-24-12-17(14-5-7-23-8-6-14)16-3-1-2-4-19(16)24/h1-4,9-10,12,14,23H,5-8,11,13H2. The molecule has 4 nitrogen and oxygen atoms in total. The molecule has 0 aliphatic carbocycles. The van der Waals surface area contributed by atoms with Gasteiger partial charge in [0.15, 0.2) is 11.5 Å². The minimum absolute atomic E-state index is 0.265. The Morgan fingerprint density at radius 2 is 1.85 bits per heavy atom. The van der Waals surface area contributed by atoms with Gasteiger partial charge in [-0.25, -0.2) is 0 Å². The van der Waals surface area contributed by atoms with Crippen LogP contribution in [0, 0.1) is 0 Å². The molecule has 0 atom stereocenters. The summed E-state index contributed by atoms with van der Waals surface area (Å²) in [6.45, 7) is 3.18. The van der Waals surface area contributed by atoms with Gasteiger partial charge in [-0.15, -0.1) is 0 Å². The maximum Gasteiger partial charge on any atom is 0.231 e. The van der Waals surface area contributed by atoms with Crippen molar-refractivity contribution in [3.05, 3.63) is 58.7 Å². The molecule has 0 spiro atoms. The normalized spacial score (nSPS) is 17.1. The number of rotatable bonds is 3. The van der Waals surface area contributed by atoms with Crippen molar-refractivity contribution >= 4 is 22.5 Å². The molecule has 134 valence electrons. The monoisotopic (exact) mass is 368 g/mol. The molecule has 26 heavy (non-hydrogen) atoms. The van der Waals surface area contributed by atoms with Gasteiger partial charge in [-0.05, 0) is 55.1 Å². The van der Waals surface area contributed by atoms with Crippen molar-refractivity contribution < 1.29 is 9.47 Å². The summed E-state index contributed by atoms with van der Waals surface area (Å²) in [4.78, 5) is 0. The van der Waals surface area contributed by atoms with E-state index in [2.05, 4.69) is 40.3 Å². The van der Waals surface area contributed by atoms with Crippen LogP contribution in [0.2, 0.25) is 5.02 Å². The van der Waals surface area contributed by atoms with E-state index in [0.717, 1.165) is 41.7 Å². The predicted molar refractivity (Wildman–Crippen MR) is 103 cm³/mol. The maximum atomic E-state index is 6.51. The number of benzene rings is 2. The number of nitrogens with one attached hydrogen (secondary N) is 1. The van der Waals surface area contributed by atoms with Crippen LogP contribution in [-0.4, -0.2) is 24.4 Å². The van der Waals surface area contributed by atoms with Gasteiger partial charge in [0.05, 0.1) is 0 Å². The van der Waals surface area contributed by atoms with Crippen molar-refractivity contribution in [2.75, 3.05) is 19.9 Å². The third-order valence-corrected chi connectivity index (χ3v) is 5.83. The van der Waals surface area contributed by atoms with Crippen LogP contribution in [0.5, 0.6) is 11.5 Å². The van der Waals surface area contributed by atoms with E-state index in [4.69, 9.17) is 21.1 Å². The molecule has 3 heterocycles. The van der Waals surface area contributed by atoms with Crippen LogP contribution in [-0.2, 0) is 6.54 Å². The third kappa shape index (κ3) is 2.74. The average Bonchev–Trinajstić information content (AvgIpc) is 3.27. The number of hydrogen-bond donors (Lipinski definition) is 1. The molecule has 0 saturated carbocycles. The first kappa shape index (κ1) is 16.0. The number of halogens is 1. The second-order valence-corrected chi connectivity index (χ2v) is 7.46. The summed E-state index contributed by atoms with van der Waals surface area (Å²) in [5.41, 5.74) is 3.77. The number of fused-ring (bicyclic) bond motifs is 2. The molecule has 5 rings (SSSR count). The number of piperidine rings is 1. The van der Waals surface area contributed by atoms with Gasteiger partial charge < -0.3 is 19.4 Å². The molecule has 0 amide bonds. The van der Waals surface area contributed by atoms with Crippen LogP contribution in [0.1, 0.15) is 29.9 Å². The van der Waals surface area contributed by atoms with Crippen molar-refractivity contribution in [2.45, 2.75) is 25.3 Å². The number of hydrogen-bond acceptors (Lipinski definition) is 3. The highest BCUT2D eigenvalue weighted by Crippen LogP contribution is 2.38. The molecule has 1 N–H and O–H groups in total. The van der Waals surface area contributed by atoms with Crippen LogP contribution in [0.4, 0.5) is 0 Å². The summed E-state index contributed by atoms with van der Waals surface area (Å²) in [7, 11) is 0. The van der Waals surface area contributed by atoms with Crippen molar-refractivity contribution in [1.82, 2.24) is 9.88 Å². The molecule has 1 saturated heterocycles. The lowest BCUT2D eigenvalue weighted by Crippen LogP contribution is -2.26. The first-order chi connectivity index (χ1) is 12.8. The smallest absolute Gasteiger partial charge is 0.231 e. The van der Waals surface area contributed by atoms with Crippen LogP contribution in [0.15, 0.2) is 42.6 Å². The van der Waals surface area contributed by atoms with Crippen molar-refractivity contribution in [3.8, 4) is 11.5 Å². The number of para-hydroxylation sites is 1. The zero-order valence-electron chi connectivity index (χ0n) is 14.5. The van der Waals surface area contributed by atoms with Crippen LogP contribution >= 0.6 is 11.6 Å². The van der Waals surface area contributed by atoms with E-state index < -0.39 is 0 Å². The molecular weight excluding hydrogens is 348 g/mol. The van der Waals surface area contributed by atoms with Gasteiger partial charge in [-0.2, -0.15) is 0 Å². The summed E-state index contributed by atoms with van der Waals surface area (Å²) in [6, 6.07) is 12.5. The summed E-state index contributed by atoms with van der Waals surface area (Å²) in [5.74, 6) is 2.13. The highest BCUT2D eigenvalue weighted by molar-refractivity contribution is 6.31. The Morgan fingerprint density at radius 1 is 1.08 bits per heavy atom. The zero-order chi connectivity index (χ0) is 17.5. The van der Waals surface area contributed by atoms with Gasteiger partial charge >= 0.3 is 0 Å². The number of ether oxygens (including phenoxy) is 2. The lowest BCUT2D eigenvalue weighted by molar-refractivity contribution is 0.174. The molecule has 0 bridgehead atoms. The van der Waals surface area contributed by atoms with E-state index in [1.165, 1.54) is 29.3 Å². The van der Waals surface area contributed by atoms with E-state index in [1.54, 1.807) is 0 Å². The van der Waals surface area contributed by atoms with Gasteiger partial charge in [-0.3, -0.25) is 0 Å². The second-order valence-electron chi connectivity index (χ2n) is 7.05. The highest BCUT2D eigenvalue weighted by Gasteiger charge is 2.21. The fraction of sp³-hybridized carbons (Fsp3) is 0.333. The summed E-state index contributed by atoms with van der Waals surface area (Å²) in [6.07, 6.45) is 4.71. The molecule has 0 unspecified atom stereocenters. The first-order valence-electron chi connectivity index (χ1n) is 9.16. The van der Waals surface area contributed by atoms with E-state index >= 15 is 0 Å². The summed E-state index contributed by atoms with van der Waals surface area (Å²) in [5, 5.41) is 5.54. The Morgan fingerprint density at radius 3 is 2.69 bits per heavy atom. The lowest BCUT2D eigenvalue weighted by atomic mass is 9.90. The van der Waals surface area contributed by atoms with Gasteiger partial charge in [0, 0.05) is 34.7 Å². The fourth-order valence-corrected chi connectivity index (χ4v) is 4.34. The van der Waals surface area contributed by atoms with E-state index in [0.29, 0.717) is 5.92 Å². The molecule has 0 radical (unpaired) electrons. The van der Waals surface area contributed by atoms with Crippen molar-refractivity contribution in [3.63, 3.8) is 0 Å². The van der Waals surface area contributed by atoms with Crippen molar-refractivity contribution in [1.29, 1.82) is 0 Å². The maximum absolute atomic E-state index is 6.51. The van der Waals surface area contributed by atoms with E-state index in [1.807, 2.05) is 12.1 Å². The summed E-state index contributed by atoms with van der Waals surface area (Å²) < 4.78 is 13.3. The van der Waals surface area contributed by atoms with Crippen LogP contribution < -0.4 is 14.8 Å². The van der Waals surface area contributed by atoms with E-state index in [-0.39, 0.29) is 6.79 Å². The molecule has 3 aromatic rings. The van der Waals surface area contributed by atoms with Gasteiger partial charge in [0.1, 0.15) is 0 Å². The molecule has 1 fully saturated rings. The minimum atomic E-state index is 0.265. The van der Waals surface area contributed by atoms with Crippen molar-refractivity contribution in [2.24, 2.45) is 0 Å². The molecule has 2 aliphatic rings. The topological polar surface area (TPSA) is 35.4 Å².